The summed E-state index contributed by atoms with van der Waals surface area (Å²) >= 11 is 5.55. The highest BCUT2D eigenvalue weighted by Crippen LogP contribution is 2.29. The Morgan fingerprint density at radius 3 is 2.79 bits per heavy atom. The second-order valence-electron chi connectivity index (χ2n) is 3.96. The number of aromatic nitrogens is 3. The van der Waals surface area contributed by atoms with Crippen LogP contribution in [-0.2, 0) is 6.18 Å². The number of rotatable bonds is 5. The van der Waals surface area contributed by atoms with Crippen molar-refractivity contribution in [3.63, 3.8) is 0 Å². The average Bonchev–Trinajstić information content (AvgIpc) is 2.79. The van der Waals surface area contributed by atoms with Gasteiger partial charge in [0.15, 0.2) is 11.5 Å². The highest BCUT2D eigenvalue weighted by molar-refractivity contribution is 6.17. The van der Waals surface area contributed by atoms with Crippen LogP contribution in [0.2, 0.25) is 0 Å². The number of anilines is 1. The second kappa shape index (κ2) is 5.64. The van der Waals surface area contributed by atoms with E-state index >= 15 is 0 Å². The number of fused-ring (bicyclic) bond motifs is 1. The van der Waals surface area contributed by atoms with Crippen LogP contribution in [0, 0.1) is 0 Å². The van der Waals surface area contributed by atoms with Crippen molar-refractivity contribution in [2.24, 2.45) is 0 Å². The van der Waals surface area contributed by atoms with Crippen LogP contribution in [0.3, 0.4) is 0 Å². The van der Waals surface area contributed by atoms with Gasteiger partial charge in [0.1, 0.15) is 5.52 Å². The van der Waals surface area contributed by atoms with Crippen LogP contribution in [0.5, 0.6) is 0 Å². The molecule has 1 N–H and O–H groups in total. The van der Waals surface area contributed by atoms with Crippen molar-refractivity contribution in [1.29, 1.82) is 0 Å². The van der Waals surface area contributed by atoms with Crippen molar-refractivity contribution in [3.8, 4) is 0 Å². The molecule has 0 radical (unpaired) electrons. The predicted molar refractivity (Wildman–Crippen MR) is 66.4 cm³/mol. The van der Waals surface area contributed by atoms with Gasteiger partial charge < -0.3 is 5.32 Å². The lowest BCUT2D eigenvalue weighted by Gasteiger charge is -2.05. The van der Waals surface area contributed by atoms with Crippen molar-refractivity contribution in [2.75, 3.05) is 17.7 Å². The molecule has 2 rings (SSSR count). The average molecular weight is 293 g/mol. The minimum absolute atomic E-state index is 0.306. The molecule has 0 aliphatic rings. The first-order chi connectivity index (χ1) is 9.02. The number of hydrogen-bond acceptors (Lipinski definition) is 3. The van der Waals surface area contributed by atoms with E-state index in [1.165, 1.54) is 16.9 Å². The van der Waals surface area contributed by atoms with Crippen LogP contribution in [0.1, 0.15) is 18.5 Å². The van der Waals surface area contributed by atoms with E-state index in [2.05, 4.69) is 15.4 Å². The lowest BCUT2D eigenvalue weighted by molar-refractivity contribution is -0.141. The molecule has 0 unspecified atom stereocenters. The number of nitrogens with one attached hydrogen (secondary N) is 1. The predicted octanol–water partition coefficient (Wildman–Crippen LogP) is 3.18. The maximum atomic E-state index is 12.6. The Morgan fingerprint density at radius 1 is 1.32 bits per heavy atom. The Morgan fingerprint density at radius 2 is 2.11 bits per heavy atom. The van der Waals surface area contributed by atoms with Gasteiger partial charge in [-0.05, 0) is 12.8 Å². The molecule has 19 heavy (non-hydrogen) atoms. The molecule has 0 atom stereocenters. The van der Waals surface area contributed by atoms with Gasteiger partial charge >= 0.3 is 6.18 Å². The molecule has 0 amide bonds. The van der Waals surface area contributed by atoms with Gasteiger partial charge in [-0.3, -0.25) is 0 Å². The number of nitrogens with zero attached hydrogens (tertiary/aromatic N) is 3. The van der Waals surface area contributed by atoms with Gasteiger partial charge in [-0.25, -0.2) is 9.50 Å². The lowest BCUT2D eigenvalue weighted by Crippen LogP contribution is -2.06. The van der Waals surface area contributed by atoms with Crippen molar-refractivity contribution in [3.05, 3.63) is 24.2 Å². The van der Waals surface area contributed by atoms with Crippen molar-refractivity contribution in [2.45, 2.75) is 19.0 Å². The molecular formula is C11H12ClF3N4. The Bertz CT molecular complexity index is 552. The first kappa shape index (κ1) is 13.9. The Kier molecular flexibility index (Phi) is 4.14. The van der Waals surface area contributed by atoms with Crippen LogP contribution in [0.25, 0.3) is 5.52 Å². The molecular weight excluding hydrogens is 281 g/mol. The van der Waals surface area contributed by atoms with Gasteiger partial charge in [-0.15, -0.1) is 11.6 Å². The minimum atomic E-state index is -4.46. The maximum absolute atomic E-state index is 12.6. The first-order valence-electron chi connectivity index (χ1n) is 5.74. The zero-order valence-electron chi connectivity index (χ0n) is 9.91. The molecule has 0 fully saturated rings. The van der Waals surface area contributed by atoms with E-state index in [-0.39, 0.29) is 0 Å². The molecule has 4 nitrogen and oxygen atoms in total. The maximum Gasteiger partial charge on any atom is 0.435 e. The summed E-state index contributed by atoms with van der Waals surface area (Å²) in [7, 11) is 0. The smallest absolute Gasteiger partial charge is 0.368 e. The SMILES string of the molecule is FC(F)(F)c1cc2c(NCCCCCl)nccn2n1. The van der Waals surface area contributed by atoms with E-state index in [1.54, 1.807) is 0 Å². The van der Waals surface area contributed by atoms with Crippen LogP contribution in [0.4, 0.5) is 19.0 Å². The first-order valence-corrected chi connectivity index (χ1v) is 6.27. The minimum Gasteiger partial charge on any atom is -0.368 e. The lowest BCUT2D eigenvalue weighted by atomic mass is 10.3. The summed E-state index contributed by atoms with van der Waals surface area (Å²) in [4.78, 5) is 4.03. The molecule has 0 aliphatic carbocycles. The standard InChI is InChI=1S/C11H12ClF3N4/c12-3-1-2-4-16-10-8-7-9(11(13,14)15)18-19(8)6-5-17-10/h5-7H,1-4H2,(H,16,17). The van der Waals surface area contributed by atoms with Gasteiger partial charge in [-0.1, -0.05) is 0 Å². The van der Waals surface area contributed by atoms with Crippen LogP contribution in [0.15, 0.2) is 18.5 Å². The molecule has 2 aromatic rings. The van der Waals surface area contributed by atoms with E-state index < -0.39 is 11.9 Å². The quantitative estimate of drug-likeness (QED) is 0.680. The zero-order valence-corrected chi connectivity index (χ0v) is 10.7. The highest BCUT2D eigenvalue weighted by atomic mass is 35.5. The number of hydrogen-bond donors (Lipinski definition) is 1. The fourth-order valence-electron chi connectivity index (χ4n) is 1.62. The normalized spacial score (nSPS) is 12.0. The summed E-state index contributed by atoms with van der Waals surface area (Å²) in [6, 6.07) is 0.983. The van der Waals surface area contributed by atoms with Crippen molar-refractivity contribution < 1.29 is 13.2 Å². The van der Waals surface area contributed by atoms with E-state index in [0.717, 1.165) is 18.9 Å². The summed E-state index contributed by atoms with van der Waals surface area (Å²) in [5.41, 5.74) is -0.620. The van der Waals surface area contributed by atoms with Gasteiger partial charge in [0.2, 0.25) is 0 Å². The van der Waals surface area contributed by atoms with Gasteiger partial charge in [-0.2, -0.15) is 18.3 Å². The summed E-state index contributed by atoms with van der Waals surface area (Å²) in [5.74, 6) is 0.949. The van der Waals surface area contributed by atoms with Crippen molar-refractivity contribution in [1.82, 2.24) is 14.6 Å². The van der Waals surface area contributed by atoms with E-state index in [4.69, 9.17) is 11.6 Å². The highest BCUT2D eigenvalue weighted by Gasteiger charge is 2.34. The third-order valence-electron chi connectivity index (χ3n) is 2.53. The molecule has 0 saturated heterocycles. The Hall–Kier alpha value is -1.50. The largest absolute Gasteiger partial charge is 0.435 e. The summed E-state index contributed by atoms with van der Waals surface area (Å²) in [6.07, 6.45) is -0.00228. The molecule has 0 bridgehead atoms. The molecule has 0 spiro atoms. The molecule has 104 valence electrons. The van der Waals surface area contributed by atoms with Gasteiger partial charge in [0, 0.05) is 30.9 Å². The summed E-state index contributed by atoms with van der Waals surface area (Å²) in [5, 5.41) is 6.47. The summed E-state index contributed by atoms with van der Waals surface area (Å²) < 4.78 is 38.9. The monoisotopic (exact) mass is 292 g/mol. The molecule has 0 saturated carbocycles. The van der Waals surface area contributed by atoms with Crippen LogP contribution >= 0.6 is 11.6 Å². The van der Waals surface area contributed by atoms with E-state index in [1.807, 2.05) is 0 Å². The molecule has 0 aromatic carbocycles. The molecule has 2 aromatic heterocycles. The molecule has 0 aliphatic heterocycles. The van der Waals surface area contributed by atoms with Crippen LogP contribution in [-0.4, -0.2) is 27.0 Å². The van der Waals surface area contributed by atoms with Gasteiger partial charge in [0.25, 0.3) is 0 Å². The third-order valence-corrected chi connectivity index (χ3v) is 2.80. The van der Waals surface area contributed by atoms with Crippen molar-refractivity contribution >= 4 is 22.9 Å². The topological polar surface area (TPSA) is 42.2 Å². The molecule has 8 heteroatoms. The fraction of sp³-hybridized carbons (Fsp3) is 0.455. The third kappa shape index (κ3) is 3.28. The van der Waals surface area contributed by atoms with E-state index in [9.17, 15) is 13.2 Å². The Balaban J connectivity index is 2.22. The fourth-order valence-corrected chi connectivity index (χ4v) is 1.81. The number of alkyl halides is 4. The summed E-state index contributed by atoms with van der Waals surface area (Å²) in [6.45, 7) is 0.603. The Labute approximate surface area is 112 Å². The van der Waals surface area contributed by atoms with Crippen LogP contribution < -0.4 is 5.32 Å². The van der Waals surface area contributed by atoms with Gasteiger partial charge in [0.05, 0.1) is 0 Å². The zero-order chi connectivity index (χ0) is 13.9. The van der Waals surface area contributed by atoms with E-state index in [0.29, 0.717) is 23.8 Å². The number of halogens is 4. The second-order valence-corrected chi connectivity index (χ2v) is 4.33. The number of unbranched alkanes of at least 4 members (excludes halogenated alkanes) is 1. The molecule has 2 heterocycles.